The molecule has 2 amide bonds. The molecule has 0 aliphatic heterocycles. The van der Waals surface area contributed by atoms with Crippen LogP contribution < -0.4 is 21.1 Å². The normalized spacial score (nSPS) is 13.7. The molecule has 0 aliphatic carbocycles. The molecule has 0 saturated carbocycles. The second kappa shape index (κ2) is 9.88. The lowest BCUT2D eigenvalue weighted by molar-refractivity contribution is -0.274. The molecule has 0 radical (unpaired) electrons. The molecular formula is C18H23F3N4O3S. The molecule has 1 aromatic heterocycles. The monoisotopic (exact) mass is 432 g/mol. The number of benzene rings is 1. The highest BCUT2D eigenvalue weighted by atomic mass is 32.1. The van der Waals surface area contributed by atoms with Crippen molar-refractivity contribution in [2.24, 2.45) is 11.7 Å². The van der Waals surface area contributed by atoms with Crippen LogP contribution in [0.3, 0.4) is 0 Å². The number of aromatic nitrogens is 1. The van der Waals surface area contributed by atoms with Crippen LogP contribution in [0.5, 0.6) is 5.75 Å². The van der Waals surface area contributed by atoms with Crippen molar-refractivity contribution in [2.75, 3.05) is 11.9 Å². The summed E-state index contributed by atoms with van der Waals surface area (Å²) < 4.78 is 41.2. The van der Waals surface area contributed by atoms with E-state index in [-0.39, 0.29) is 35.0 Å². The van der Waals surface area contributed by atoms with Crippen LogP contribution in [0.4, 0.5) is 18.3 Å². The highest BCUT2D eigenvalue weighted by Gasteiger charge is 2.31. The van der Waals surface area contributed by atoms with Gasteiger partial charge in [-0.05, 0) is 24.5 Å². The van der Waals surface area contributed by atoms with Crippen LogP contribution >= 0.6 is 11.3 Å². The number of halogens is 3. The minimum atomic E-state index is -4.77. The van der Waals surface area contributed by atoms with Gasteiger partial charge in [-0.1, -0.05) is 31.6 Å². The van der Waals surface area contributed by atoms with E-state index in [1.54, 1.807) is 0 Å². The van der Waals surface area contributed by atoms with E-state index in [2.05, 4.69) is 20.4 Å². The van der Waals surface area contributed by atoms with Gasteiger partial charge in [0, 0.05) is 19.0 Å². The number of nitrogens with one attached hydrogen (secondary N) is 2. The molecule has 0 bridgehead atoms. The van der Waals surface area contributed by atoms with Gasteiger partial charge in [0.15, 0.2) is 5.13 Å². The van der Waals surface area contributed by atoms with Gasteiger partial charge in [-0.3, -0.25) is 9.59 Å². The zero-order valence-corrected chi connectivity index (χ0v) is 16.8. The van der Waals surface area contributed by atoms with Crippen LogP contribution in [0.2, 0.25) is 0 Å². The summed E-state index contributed by atoms with van der Waals surface area (Å²) >= 11 is 1.04. The fraction of sp³-hybridized carbons (Fsp3) is 0.500. The van der Waals surface area contributed by atoms with E-state index in [0.29, 0.717) is 23.2 Å². The van der Waals surface area contributed by atoms with Gasteiger partial charge in [0.05, 0.1) is 16.3 Å². The average molecular weight is 432 g/mol. The fourth-order valence-electron chi connectivity index (χ4n) is 2.43. The summed E-state index contributed by atoms with van der Waals surface area (Å²) in [6.07, 6.45) is -3.41. The van der Waals surface area contributed by atoms with E-state index in [9.17, 15) is 22.8 Å². The Morgan fingerprint density at radius 1 is 1.34 bits per heavy atom. The maximum Gasteiger partial charge on any atom is 0.573 e. The third-order valence-electron chi connectivity index (χ3n) is 4.28. The number of nitrogens with zero attached hydrogens (tertiary/aromatic N) is 1. The smallest absolute Gasteiger partial charge is 0.406 e. The van der Waals surface area contributed by atoms with Crippen LogP contribution in [0, 0.1) is 5.92 Å². The Morgan fingerprint density at radius 2 is 2.07 bits per heavy atom. The number of carbonyl (C=O) groups is 2. The first-order chi connectivity index (χ1) is 13.6. The van der Waals surface area contributed by atoms with Crippen molar-refractivity contribution >= 4 is 38.5 Å². The summed E-state index contributed by atoms with van der Waals surface area (Å²) in [5, 5.41) is 5.58. The predicted molar refractivity (Wildman–Crippen MR) is 105 cm³/mol. The third kappa shape index (κ3) is 7.17. The summed E-state index contributed by atoms with van der Waals surface area (Å²) in [5.74, 6) is -0.837. The predicted octanol–water partition coefficient (Wildman–Crippen LogP) is 3.40. The molecule has 0 fully saturated rings. The SMILES string of the molecule is CCC(C)C(N)C(=O)NCCCC(=O)Nc1nc2ccc(OC(F)(F)F)cc2s1. The second-order valence-corrected chi connectivity index (χ2v) is 7.58. The number of anilines is 1. The minimum absolute atomic E-state index is 0.0689. The Balaban J connectivity index is 1.81. The van der Waals surface area contributed by atoms with Gasteiger partial charge in [-0.15, -0.1) is 13.2 Å². The fourth-order valence-corrected chi connectivity index (χ4v) is 3.34. The van der Waals surface area contributed by atoms with Gasteiger partial charge >= 0.3 is 6.36 Å². The molecule has 160 valence electrons. The molecule has 2 atom stereocenters. The molecule has 0 aliphatic rings. The van der Waals surface area contributed by atoms with Crippen molar-refractivity contribution in [1.29, 1.82) is 0 Å². The van der Waals surface area contributed by atoms with Crippen molar-refractivity contribution in [3.8, 4) is 5.75 Å². The van der Waals surface area contributed by atoms with Crippen molar-refractivity contribution in [1.82, 2.24) is 10.3 Å². The number of ether oxygens (including phenoxy) is 1. The number of amides is 2. The Morgan fingerprint density at radius 3 is 2.72 bits per heavy atom. The molecule has 2 aromatic rings. The first-order valence-corrected chi connectivity index (χ1v) is 9.90. The van der Waals surface area contributed by atoms with Gasteiger partial charge in [-0.2, -0.15) is 0 Å². The third-order valence-corrected chi connectivity index (χ3v) is 5.21. The molecule has 4 N–H and O–H groups in total. The second-order valence-electron chi connectivity index (χ2n) is 6.55. The van der Waals surface area contributed by atoms with Gasteiger partial charge in [0.2, 0.25) is 11.8 Å². The van der Waals surface area contributed by atoms with E-state index < -0.39 is 12.4 Å². The first kappa shape index (κ1) is 22.9. The van der Waals surface area contributed by atoms with Crippen molar-refractivity contribution in [2.45, 2.75) is 45.5 Å². The number of carbonyl (C=O) groups excluding carboxylic acids is 2. The van der Waals surface area contributed by atoms with Crippen LogP contribution in [0.1, 0.15) is 33.1 Å². The number of fused-ring (bicyclic) bond motifs is 1. The standard InChI is InChI=1S/C18H23F3N4O3S/c1-3-10(2)15(22)16(27)23-8-4-5-14(26)25-17-24-12-7-6-11(9-13(12)29-17)28-18(19,20)21/h6-7,9-10,15H,3-5,8,22H2,1-2H3,(H,23,27)(H,24,25,26). The van der Waals surface area contributed by atoms with E-state index >= 15 is 0 Å². The van der Waals surface area contributed by atoms with Gasteiger partial charge < -0.3 is 21.1 Å². The Bertz CT molecular complexity index is 856. The number of hydrogen-bond acceptors (Lipinski definition) is 6. The van der Waals surface area contributed by atoms with Gasteiger partial charge in [0.1, 0.15) is 5.75 Å². The van der Waals surface area contributed by atoms with Crippen molar-refractivity contribution in [3.63, 3.8) is 0 Å². The molecule has 0 saturated heterocycles. The average Bonchev–Trinajstić information content (AvgIpc) is 3.03. The van der Waals surface area contributed by atoms with Crippen LogP contribution in [0.15, 0.2) is 18.2 Å². The maximum absolute atomic E-state index is 12.3. The van der Waals surface area contributed by atoms with Gasteiger partial charge in [0.25, 0.3) is 0 Å². The van der Waals surface area contributed by atoms with Crippen LogP contribution in [-0.2, 0) is 9.59 Å². The van der Waals surface area contributed by atoms with Crippen LogP contribution in [0.25, 0.3) is 10.2 Å². The lowest BCUT2D eigenvalue weighted by atomic mass is 9.99. The highest BCUT2D eigenvalue weighted by Crippen LogP contribution is 2.31. The quantitative estimate of drug-likeness (QED) is 0.527. The topological polar surface area (TPSA) is 106 Å². The van der Waals surface area contributed by atoms with E-state index in [1.807, 2.05) is 13.8 Å². The largest absolute Gasteiger partial charge is 0.573 e. The van der Waals surface area contributed by atoms with Crippen molar-refractivity contribution < 1.29 is 27.5 Å². The summed E-state index contributed by atoms with van der Waals surface area (Å²) in [7, 11) is 0. The number of hydrogen-bond donors (Lipinski definition) is 3. The Kier molecular flexibility index (Phi) is 7.80. The van der Waals surface area contributed by atoms with Gasteiger partial charge in [-0.25, -0.2) is 4.98 Å². The molecule has 2 unspecified atom stereocenters. The lowest BCUT2D eigenvalue weighted by Gasteiger charge is -2.17. The molecule has 1 aromatic carbocycles. The molecule has 0 spiro atoms. The Labute approximate surface area is 169 Å². The number of thiazole rings is 1. The zero-order valence-electron chi connectivity index (χ0n) is 16.0. The molecule has 7 nitrogen and oxygen atoms in total. The molecule has 11 heteroatoms. The van der Waals surface area contributed by atoms with Crippen molar-refractivity contribution in [3.05, 3.63) is 18.2 Å². The summed E-state index contributed by atoms with van der Waals surface area (Å²) in [6, 6.07) is 3.18. The maximum atomic E-state index is 12.3. The zero-order chi connectivity index (χ0) is 21.6. The summed E-state index contributed by atoms with van der Waals surface area (Å²) in [5.41, 5.74) is 6.28. The number of alkyl halides is 3. The molecule has 29 heavy (non-hydrogen) atoms. The molecule has 1 heterocycles. The van der Waals surface area contributed by atoms with E-state index in [1.165, 1.54) is 12.1 Å². The minimum Gasteiger partial charge on any atom is -0.406 e. The number of rotatable bonds is 9. The molecule has 2 rings (SSSR count). The first-order valence-electron chi connectivity index (χ1n) is 9.08. The highest BCUT2D eigenvalue weighted by molar-refractivity contribution is 7.22. The molecular weight excluding hydrogens is 409 g/mol. The lowest BCUT2D eigenvalue weighted by Crippen LogP contribution is -2.44. The number of nitrogens with two attached hydrogens (primary N) is 1. The Hall–Kier alpha value is -2.40. The van der Waals surface area contributed by atoms with E-state index in [4.69, 9.17) is 5.73 Å². The summed E-state index contributed by atoms with van der Waals surface area (Å²) in [4.78, 5) is 28.1. The van der Waals surface area contributed by atoms with E-state index in [0.717, 1.165) is 23.8 Å². The van der Waals surface area contributed by atoms with Crippen LogP contribution in [-0.4, -0.2) is 35.7 Å². The summed E-state index contributed by atoms with van der Waals surface area (Å²) in [6.45, 7) is 4.16.